The second-order valence-electron chi connectivity index (χ2n) is 5.15. The highest BCUT2D eigenvalue weighted by molar-refractivity contribution is 9.10. The quantitative estimate of drug-likeness (QED) is 0.744. The molecule has 0 aliphatic heterocycles. The number of benzene rings is 1. The first-order chi connectivity index (χ1) is 11.9. The molecule has 2 rings (SSSR count). The summed E-state index contributed by atoms with van der Waals surface area (Å²) in [6, 6.07) is 7.07. The van der Waals surface area contributed by atoms with Crippen LogP contribution in [-0.4, -0.2) is 29.6 Å². The molecule has 0 aliphatic rings. The molecule has 0 saturated heterocycles. The molecule has 2 aromatic rings. The molecule has 6 nitrogen and oxygen atoms in total. The average molecular weight is 425 g/mol. The number of ether oxygens (including phenoxy) is 1. The van der Waals surface area contributed by atoms with Gasteiger partial charge in [-0.05, 0) is 30.7 Å². The predicted octanol–water partition coefficient (Wildman–Crippen LogP) is 3.55. The summed E-state index contributed by atoms with van der Waals surface area (Å²) in [5, 5.41) is 20.2. The van der Waals surface area contributed by atoms with Crippen LogP contribution in [0.25, 0.3) is 0 Å². The molecule has 0 fully saturated rings. The average Bonchev–Trinajstić information content (AvgIpc) is 2.56. The van der Waals surface area contributed by atoms with Gasteiger partial charge in [0.2, 0.25) is 5.88 Å². The molecule has 0 radical (unpaired) electrons. The molecule has 1 aromatic heterocycles. The van der Waals surface area contributed by atoms with Gasteiger partial charge in [0.15, 0.2) is 0 Å². The molecule has 1 heterocycles. The number of halogens is 2. The van der Waals surface area contributed by atoms with Gasteiger partial charge >= 0.3 is 0 Å². The number of hydrogen-bond acceptors (Lipinski definition) is 5. The standard InChI is InChI=1S/C17H15BrClN3O3/c1-10-12(8-20)16(23)22(5-6-25-2)17(24)13(10)9-21-15-4-3-11(18)7-14(15)19/h3-4,7,9,24H,5-6H2,1-2H3. The van der Waals surface area contributed by atoms with Crippen molar-refractivity contribution in [3.8, 4) is 11.9 Å². The normalized spacial score (nSPS) is 11.0. The maximum Gasteiger partial charge on any atom is 0.271 e. The van der Waals surface area contributed by atoms with Gasteiger partial charge in [0.25, 0.3) is 5.56 Å². The van der Waals surface area contributed by atoms with Gasteiger partial charge in [-0.2, -0.15) is 5.26 Å². The second kappa shape index (κ2) is 8.30. The third kappa shape index (κ3) is 4.10. The lowest BCUT2D eigenvalue weighted by atomic mass is 10.1. The van der Waals surface area contributed by atoms with Crippen LogP contribution < -0.4 is 5.56 Å². The molecule has 0 spiro atoms. The van der Waals surface area contributed by atoms with Crippen LogP contribution in [0.3, 0.4) is 0 Å². The molecule has 0 bridgehead atoms. The molecule has 0 saturated carbocycles. The molecule has 1 N–H and O–H groups in total. The summed E-state index contributed by atoms with van der Waals surface area (Å²) in [7, 11) is 1.49. The first kappa shape index (κ1) is 19.2. The van der Waals surface area contributed by atoms with Gasteiger partial charge in [0.05, 0.1) is 29.4 Å². The van der Waals surface area contributed by atoms with Crippen molar-refractivity contribution < 1.29 is 9.84 Å². The van der Waals surface area contributed by atoms with E-state index in [9.17, 15) is 15.2 Å². The van der Waals surface area contributed by atoms with Crippen LogP contribution in [0.15, 0.2) is 32.5 Å². The van der Waals surface area contributed by atoms with E-state index < -0.39 is 5.56 Å². The molecule has 0 aliphatic carbocycles. The van der Waals surface area contributed by atoms with Gasteiger partial charge in [-0.15, -0.1) is 0 Å². The van der Waals surface area contributed by atoms with Crippen molar-refractivity contribution in [3.63, 3.8) is 0 Å². The zero-order chi connectivity index (χ0) is 18.6. The number of methoxy groups -OCH3 is 1. The Morgan fingerprint density at radius 3 is 2.84 bits per heavy atom. The van der Waals surface area contributed by atoms with Gasteiger partial charge in [0.1, 0.15) is 11.6 Å². The van der Waals surface area contributed by atoms with E-state index >= 15 is 0 Å². The first-order valence-corrected chi connectivity index (χ1v) is 8.42. The third-order valence-corrected chi connectivity index (χ3v) is 4.40. The van der Waals surface area contributed by atoms with Gasteiger partial charge in [-0.3, -0.25) is 14.4 Å². The molecule has 0 unspecified atom stereocenters. The Morgan fingerprint density at radius 1 is 1.52 bits per heavy atom. The maximum atomic E-state index is 12.3. The van der Waals surface area contributed by atoms with E-state index in [-0.39, 0.29) is 30.2 Å². The van der Waals surface area contributed by atoms with Crippen LogP contribution >= 0.6 is 27.5 Å². The van der Waals surface area contributed by atoms with Crippen LogP contribution in [0.1, 0.15) is 16.7 Å². The predicted molar refractivity (Wildman–Crippen MR) is 100 cm³/mol. The lowest BCUT2D eigenvalue weighted by Crippen LogP contribution is -2.26. The highest BCUT2D eigenvalue weighted by atomic mass is 79.9. The number of rotatable bonds is 5. The van der Waals surface area contributed by atoms with E-state index in [0.717, 1.165) is 9.04 Å². The van der Waals surface area contributed by atoms with Crippen LogP contribution in [0.4, 0.5) is 5.69 Å². The Bertz CT molecular complexity index is 932. The van der Waals surface area contributed by atoms with Gasteiger partial charge in [-0.1, -0.05) is 27.5 Å². The summed E-state index contributed by atoms with van der Waals surface area (Å²) < 4.78 is 6.86. The Kier molecular flexibility index (Phi) is 6.37. The smallest absolute Gasteiger partial charge is 0.271 e. The molecule has 130 valence electrons. The van der Waals surface area contributed by atoms with Gasteiger partial charge < -0.3 is 9.84 Å². The van der Waals surface area contributed by atoms with Crippen molar-refractivity contribution in [3.05, 3.63) is 54.7 Å². The monoisotopic (exact) mass is 423 g/mol. The van der Waals surface area contributed by atoms with Crippen molar-refractivity contribution in [1.29, 1.82) is 5.26 Å². The summed E-state index contributed by atoms with van der Waals surface area (Å²) in [5.74, 6) is -0.268. The summed E-state index contributed by atoms with van der Waals surface area (Å²) >= 11 is 9.44. The Balaban J connectivity index is 2.58. The number of pyridine rings is 1. The van der Waals surface area contributed by atoms with Crippen molar-refractivity contribution in [1.82, 2.24) is 4.57 Å². The van der Waals surface area contributed by atoms with Crippen LogP contribution in [0.2, 0.25) is 5.02 Å². The highest BCUT2D eigenvalue weighted by Gasteiger charge is 2.17. The zero-order valence-corrected chi connectivity index (χ0v) is 15.9. The highest BCUT2D eigenvalue weighted by Crippen LogP contribution is 2.29. The fourth-order valence-corrected chi connectivity index (χ4v) is 2.96. The van der Waals surface area contributed by atoms with E-state index in [0.29, 0.717) is 16.3 Å². The topological polar surface area (TPSA) is 87.6 Å². The fourth-order valence-electron chi connectivity index (χ4n) is 2.24. The lowest BCUT2D eigenvalue weighted by molar-refractivity contribution is 0.182. The van der Waals surface area contributed by atoms with Gasteiger partial charge in [0, 0.05) is 17.8 Å². The molecule has 8 heteroatoms. The molecule has 0 amide bonds. The zero-order valence-electron chi connectivity index (χ0n) is 13.6. The fraction of sp³-hybridized carbons (Fsp3) is 0.235. The van der Waals surface area contributed by atoms with E-state index in [1.165, 1.54) is 13.3 Å². The van der Waals surface area contributed by atoms with Crippen LogP contribution in [0.5, 0.6) is 5.88 Å². The summed E-state index contributed by atoms with van der Waals surface area (Å²) in [5.41, 5.74) is 0.532. The number of nitrogens with zero attached hydrogens (tertiary/aromatic N) is 3. The molecule has 25 heavy (non-hydrogen) atoms. The third-order valence-electron chi connectivity index (χ3n) is 3.61. The number of aromatic nitrogens is 1. The van der Waals surface area contributed by atoms with Crippen LogP contribution in [-0.2, 0) is 11.3 Å². The van der Waals surface area contributed by atoms with Crippen molar-refractivity contribution in [2.45, 2.75) is 13.5 Å². The van der Waals surface area contributed by atoms with Crippen molar-refractivity contribution in [2.24, 2.45) is 4.99 Å². The maximum absolute atomic E-state index is 12.3. The SMILES string of the molecule is COCCn1c(O)c(C=Nc2ccc(Br)cc2Cl)c(C)c(C#N)c1=O. The molecular formula is C17H15BrClN3O3. The number of nitriles is 1. The number of hydrogen-bond donors (Lipinski definition) is 1. The van der Waals surface area contributed by atoms with Crippen molar-refractivity contribution in [2.75, 3.05) is 13.7 Å². The van der Waals surface area contributed by atoms with Gasteiger partial charge in [-0.25, -0.2) is 0 Å². The minimum absolute atomic E-state index is 0.0442. The number of aliphatic imine (C=N–C) groups is 1. The largest absolute Gasteiger partial charge is 0.494 e. The Hall–Kier alpha value is -2.14. The Labute approximate surface area is 158 Å². The minimum atomic E-state index is -0.562. The van der Waals surface area contributed by atoms with E-state index in [4.69, 9.17) is 16.3 Å². The van der Waals surface area contributed by atoms with Crippen LogP contribution in [0, 0.1) is 18.3 Å². The summed E-state index contributed by atoms with van der Waals surface area (Å²) in [4.78, 5) is 16.6. The van der Waals surface area contributed by atoms with E-state index in [1.807, 2.05) is 6.07 Å². The second-order valence-corrected chi connectivity index (χ2v) is 6.48. The van der Waals surface area contributed by atoms with E-state index in [2.05, 4.69) is 20.9 Å². The number of aromatic hydroxyl groups is 1. The summed E-state index contributed by atoms with van der Waals surface area (Å²) in [6.07, 6.45) is 1.39. The Morgan fingerprint density at radius 2 is 2.24 bits per heavy atom. The van der Waals surface area contributed by atoms with E-state index in [1.54, 1.807) is 25.1 Å². The summed E-state index contributed by atoms with van der Waals surface area (Å²) in [6.45, 7) is 1.93. The molecule has 0 atom stereocenters. The lowest BCUT2D eigenvalue weighted by Gasteiger charge is -2.13. The minimum Gasteiger partial charge on any atom is -0.494 e. The molecular weight excluding hydrogens is 410 g/mol. The molecule has 1 aromatic carbocycles. The van der Waals surface area contributed by atoms with Crippen molar-refractivity contribution >= 4 is 39.4 Å². The first-order valence-electron chi connectivity index (χ1n) is 7.25.